The zero-order valence-corrected chi connectivity index (χ0v) is 16.1. The molecule has 2 amide bonds. The van der Waals surface area contributed by atoms with Gasteiger partial charge in [-0.25, -0.2) is 0 Å². The number of ether oxygens (including phenoxy) is 1. The Hall–Kier alpha value is -1.93. The van der Waals surface area contributed by atoms with Crippen molar-refractivity contribution >= 4 is 11.8 Å². The molecule has 144 valence electrons. The van der Waals surface area contributed by atoms with Crippen LogP contribution in [0.4, 0.5) is 0 Å². The van der Waals surface area contributed by atoms with E-state index in [1.54, 1.807) is 7.05 Å². The van der Waals surface area contributed by atoms with E-state index < -0.39 is 0 Å². The van der Waals surface area contributed by atoms with E-state index in [0.717, 1.165) is 17.7 Å². The average Bonchev–Trinajstić information content (AvgIpc) is 3.00. The van der Waals surface area contributed by atoms with Crippen LogP contribution >= 0.6 is 0 Å². The highest BCUT2D eigenvalue weighted by Crippen LogP contribution is 2.32. The summed E-state index contributed by atoms with van der Waals surface area (Å²) in [5.41, 5.74) is 2.65. The van der Waals surface area contributed by atoms with E-state index in [0.29, 0.717) is 45.0 Å². The average molecular weight is 363 g/mol. The van der Waals surface area contributed by atoms with E-state index in [2.05, 4.69) is 15.3 Å². The molecule has 0 saturated carbocycles. The fourth-order valence-corrected chi connectivity index (χ4v) is 3.80. The van der Waals surface area contributed by atoms with Crippen molar-refractivity contribution in [2.75, 3.05) is 39.8 Å². The van der Waals surface area contributed by atoms with Crippen LogP contribution in [0.3, 0.4) is 0 Å². The highest BCUT2D eigenvalue weighted by atomic mass is 16.5. The van der Waals surface area contributed by atoms with Crippen molar-refractivity contribution in [1.82, 2.24) is 24.9 Å². The number of piperazine rings is 1. The normalized spacial score (nSPS) is 23.6. The van der Waals surface area contributed by atoms with Crippen LogP contribution in [0.15, 0.2) is 0 Å². The molecule has 2 atom stereocenters. The number of carbonyl (C=O) groups is 2. The summed E-state index contributed by atoms with van der Waals surface area (Å²) in [6, 6.07) is 0. The molecular weight excluding hydrogens is 334 g/mol. The molecule has 8 nitrogen and oxygen atoms in total. The summed E-state index contributed by atoms with van der Waals surface area (Å²) in [6.45, 7) is 9.74. The summed E-state index contributed by atoms with van der Waals surface area (Å²) in [5, 5.41) is 7.29. The molecule has 0 bridgehead atoms. The first-order chi connectivity index (χ1) is 12.4. The minimum Gasteiger partial charge on any atom is -0.369 e. The number of hydrogen-bond acceptors (Lipinski definition) is 5. The van der Waals surface area contributed by atoms with Crippen LogP contribution < -0.4 is 5.32 Å². The molecule has 2 aliphatic rings. The van der Waals surface area contributed by atoms with Crippen molar-refractivity contribution in [3.8, 4) is 0 Å². The lowest BCUT2D eigenvalue weighted by molar-refractivity contribution is -0.122. The molecule has 0 aliphatic carbocycles. The summed E-state index contributed by atoms with van der Waals surface area (Å²) in [7, 11) is 1.64. The van der Waals surface area contributed by atoms with Crippen LogP contribution in [0.5, 0.6) is 0 Å². The molecule has 1 aromatic rings. The topological polar surface area (TPSA) is 79.7 Å². The molecule has 1 fully saturated rings. The van der Waals surface area contributed by atoms with E-state index >= 15 is 0 Å². The second-order valence-electron chi connectivity index (χ2n) is 7.06. The SMILES string of the molecule is CCn1nc2c(c1C(=O)N1CCN(CC(=O)NC)CC1)C[C@H](C)O[C@@H]2C. The molecule has 8 heteroatoms. The number of nitrogens with zero attached hydrogens (tertiary/aromatic N) is 4. The second-order valence-corrected chi connectivity index (χ2v) is 7.06. The van der Waals surface area contributed by atoms with E-state index in [4.69, 9.17) is 4.74 Å². The van der Waals surface area contributed by atoms with Crippen molar-refractivity contribution in [3.63, 3.8) is 0 Å². The summed E-state index contributed by atoms with van der Waals surface area (Å²) < 4.78 is 7.69. The third kappa shape index (κ3) is 3.61. The first-order valence-corrected chi connectivity index (χ1v) is 9.41. The molecule has 3 rings (SSSR count). The Balaban J connectivity index is 1.76. The number of aryl methyl sites for hydroxylation is 1. The van der Waals surface area contributed by atoms with Crippen LogP contribution in [0, 0.1) is 0 Å². The third-order valence-electron chi connectivity index (χ3n) is 5.20. The standard InChI is InChI=1S/C18H29N5O3/c1-5-23-17(14-10-12(2)26-13(3)16(14)20-23)18(25)22-8-6-21(7-9-22)11-15(24)19-4/h12-13H,5-11H2,1-4H3,(H,19,24)/t12-,13+/m0/s1. The predicted molar refractivity (Wildman–Crippen MR) is 97.0 cm³/mol. The highest BCUT2D eigenvalue weighted by molar-refractivity contribution is 5.94. The summed E-state index contributed by atoms with van der Waals surface area (Å²) in [6.07, 6.45) is 0.720. The van der Waals surface area contributed by atoms with Gasteiger partial charge in [-0.05, 0) is 20.8 Å². The first kappa shape index (κ1) is 18.8. The minimum absolute atomic E-state index is 0.00545. The van der Waals surface area contributed by atoms with Gasteiger partial charge in [-0.15, -0.1) is 0 Å². The number of amides is 2. The molecule has 0 unspecified atom stereocenters. The lowest BCUT2D eigenvalue weighted by atomic mass is 9.99. The molecule has 1 N–H and O–H groups in total. The van der Waals surface area contributed by atoms with Gasteiger partial charge in [0.25, 0.3) is 5.91 Å². The van der Waals surface area contributed by atoms with E-state index in [1.807, 2.05) is 30.4 Å². The van der Waals surface area contributed by atoms with Crippen molar-refractivity contribution in [1.29, 1.82) is 0 Å². The Morgan fingerprint density at radius 2 is 1.92 bits per heavy atom. The highest BCUT2D eigenvalue weighted by Gasteiger charge is 2.34. The molecule has 0 aromatic carbocycles. The van der Waals surface area contributed by atoms with Gasteiger partial charge in [0.1, 0.15) is 5.69 Å². The van der Waals surface area contributed by atoms with Gasteiger partial charge < -0.3 is 15.0 Å². The molecule has 1 aromatic heterocycles. The third-order valence-corrected chi connectivity index (χ3v) is 5.20. The number of nitrogens with one attached hydrogen (secondary N) is 1. The van der Waals surface area contributed by atoms with Gasteiger partial charge in [0.15, 0.2) is 0 Å². The monoisotopic (exact) mass is 363 g/mol. The Morgan fingerprint density at radius 3 is 2.54 bits per heavy atom. The van der Waals surface area contributed by atoms with Gasteiger partial charge >= 0.3 is 0 Å². The van der Waals surface area contributed by atoms with Crippen molar-refractivity contribution in [2.45, 2.75) is 45.9 Å². The van der Waals surface area contributed by atoms with Gasteiger partial charge in [-0.2, -0.15) is 5.10 Å². The largest absolute Gasteiger partial charge is 0.369 e. The Kier molecular flexibility index (Phi) is 5.62. The molecule has 1 saturated heterocycles. The first-order valence-electron chi connectivity index (χ1n) is 9.41. The molecule has 26 heavy (non-hydrogen) atoms. The molecule has 0 radical (unpaired) electrons. The maximum atomic E-state index is 13.2. The maximum absolute atomic E-state index is 13.2. The zero-order valence-electron chi connectivity index (χ0n) is 16.1. The van der Waals surface area contributed by atoms with Crippen LogP contribution in [0.2, 0.25) is 0 Å². The summed E-state index contributed by atoms with van der Waals surface area (Å²) >= 11 is 0. The Morgan fingerprint density at radius 1 is 1.23 bits per heavy atom. The smallest absolute Gasteiger partial charge is 0.272 e. The maximum Gasteiger partial charge on any atom is 0.272 e. The number of rotatable bonds is 4. The van der Waals surface area contributed by atoms with Gasteiger partial charge in [0, 0.05) is 51.8 Å². The number of aromatic nitrogens is 2. The fraction of sp³-hybridized carbons (Fsp3) is 0.722. The van der Waals surface area contributed by atoms with Gasteiger partial charge in [0.05, 0.1) is 24.4 Å². The van der Waals surface area contributed by atoms with Crippen molar-refractivity contribution in [2.24, 2.45) is 0 Å². The second kappa shape index (κ2) is 7.75. The predicted octanol–water partition coefficient (Wildman–Crippen LogP) is 0.429. The van der Waals surface area contributed by atoms with E-state index in [9.17, 15) is 9.59 Å². The van der Waals surface area contributed by atoms with Gasteiger partial charge in [0.2, 0.25) is 5.91 Å². The summed E-state index contributed by atoms with van der Waals surface area (Å²) in [5.74, 6) is 0.0485. The number of hydrogen-bond donors (Lipinski definition) is 1. The number of carbonyl (C=O) groups excluding carboxylic acids is 2. The molecule has 3 heterocycles. The van der Waals surface area contributed by atoms with Crippen molar-refractivity contribution in [3.05, 3.63) is 17.0 Å². The molecule has 0 spiro atoms. The quantitative estimate of drug-likeness (QED) is 0.839. The fourth-order valence-electron chi connectivity index (χ4n) is 3.80. The minimum atomic E-state index is -0.0856. The van der Waals surface area contributed by atoms with Crippen LogP contribution in [0.1, 0.15) is 48.6 Å². The zero-order chi connectivity index (χ0) is 18.8. The molecular formula is C18H29N5O3. The van der Waals surface area contributed by atoms with Crippen molar-refractivity contribution < 1.29 is 14.3 Å². The van der Waals surface area contributed by atoms with E-state index in [-0.39, 0.29) is 24.0 Å². The van der Waals surface area contributed by atoms with Gasteiger partial charge in [-0.3, -0.25) is 19.2 Å². The lowest BCUT2D eigenvalue weighted by Gasteiger charge is -2.34. The Labute approximate surface area is 154 Å². The van der Waals surface area contributed by atoms with Gasteiger partial charge in [-0.1, -0.05) is 0 Å². The number of fused-ring (bicyclic) bond motifs is 1. The summed E-state index contributed by atoms with van der Waals surface area (Å²) in [4.78, 5) is 28.7. The van der Waals surface area contributed by atoms with Crippen LogP contribution in [-0.2, 0) is 22.5 Å². The molecule has 2 aliphatic heterocycles. The van der Waals surface area contributed by atoms with Crippen LogP contribution in [0.25, 0.3) is 0 Å². The number of likely N-dealkylation sites (N-methyl/N-ethyl adjacent to an activating group) is 1. The van der Waals surface area contributed by atoms with Crippen LogP contribution in [-0.4, -0.2) is 77.3 Å². The lowest BCUT2D eigenvalue weighted by Crippen LogP contribution is -2.51. The van der Waals surface area contributed by atoms with E-state index in [1.165, 1.54) is 0 Å². The Bertz CT molecular complexity index is 679.